The Morgan fingerprint density at radius 3 is 1.16 bits per heavy atom. The van der Waals surface area contributed by atoms with Gasteiger partial charge < -0.3 is 10.6 Å². The molecule has 0 spiro atoms. The molecule has 0 saturated carbocycles. The first-order chi connectivity index (χ1) is 26.5. The molecule has 0 aromatic heterocycles. The van der Waals surface area contributed by atoms with Gasteiger partial charge in [0, 0.05) is 25.8 Å². The zero-order valence-corrected chi connectivity index (χ0v) is 35.6. The summed E-state index contributed by atoms with van der Waals surface area (Å²) in [5.74, 6) is -0.189. The third kappa shape index (κ3) is 15.2. The van der Waals surface area contributed by atoms with Gasteiger partial charge in [0.25, 0.3) is 0 Å². The molecule has 0 heterocycles. The topological polar surface area (TPSA) is 28.2 Å². The third-order valence-corrected chi connectivity index (χ3v) is 10.6. The molecule has 1 atom stereocenters. The second-order valence-corrected chi connectivity index (χ2v) is 14.6. The molecular weight excluding hydrogens is 850 g/mol. The summed E-state index contributed by atoms with van der Waals surface area (Å²) in [6, 6.07) is 76.3. The summed E-state index contributed by atoms with van der Waals surface area (Å²) in [4.78, 5) is 0. The second kappa shape index (κ2) is 24.2. The van der Waals surface area contributed by atoms with E-state index in [0.29, 0.717) is 6.54 Å². The molecule has 0 saturated heterocycles. The molecule has 274 valence electrons. The number of nitrogens with zero attached hydrogens (tertiary/aromatic N) is 2. The SMILES string of the molecule is [CH2-]c1ccccc1.[CH2-]c1ccccc1.[CH2-]c1ccccc1.[Hf].c1ccc(C[N-]C([N-]c2ccc3ccccc3c2)P(c2ccccc2)c2ccccc2)cc1. The Morgan fingerprint density at radius 1 is 0.400 bits per heavy atom. The maximum absolute atomic E-state index is 5.24. The molecule has 4 heteroatoms. The Morgan fingerprint density at radius 2 is 0.764 bits per heavy atom. The van der Waals surface area contributed by atoms with Crippen LogP contribution in [0.1, 0.15) is 22.3 Å². The average molecular weight is 896 g/mol. The minimum Gasteiger partial charge on any atom is -0.695 e. The van der Waals surface area contributed by atoms with E-state index in [1.807, 2.05) is 97.1 Å². The summed E-state index contributed by atoms with van der Waals surface area (Å²) in [5.41, 5.74) is 5.38. The van der Waals surface area contributed by atoms with Gasteiger partial charge in [-0.3, -0.25) is 0 Å². The van der Waals surface area contributed by atoms with E-state index in [9.17, 15) is 0 Å². The first-order valence-corrected chi connectivity index (χ1v) is 19.4. The van der Waals surface area contributed by atoms with Crippen LogP contribution in [0, 0.1) is 20.8 Å². The molecule has 0 aliphatic carbocycles. The predicted octanol–water partition coefficient (Wildman–Crippen LogP) is 13.4. The average Bonchev–Trinajstić information content (AvgIpc) is 3.23. The van der Waals surface area contributed by atoms with E-state index < -0.39 is 7.92 Å². The molecule has 0 radical (unpaired) electrons. The van der Waals surface area contributed by atoms with E-state index in [4.69, 9.17) is 10.6 Å². The molecule has 1 unspecified atom stereocenters. The van der Waals surface area contributed by atoms with Crippen molar-refractivity contribution in [1.29, 1.82) is 0 Å². The van der Waals surface area contributed by atoms with Crippen molar-refractivity contribution in [2.45, 2.75) is 12.5 Å². The Balaban J connectivity index is 0.000000246. The van der Waals surface area contributed by atoms with Gasteiger partial charge >= 0.3 is 0 Å². The van der Waals surface area contributed by atoms with Gasteiger partial charge in [0.2, 0.25) is 0 Å². The second-order valence-electron chi connectivity index (χ2n) is 12.3. The van der Waals surface area contributed by atoms with Crippen LogP contribution in [0.25, 0.3) is 21.4 Å². The summed E-state index contributed by atoms with van der Waals surface area (Å²) in [6.45, 7) is 11.8. The van der Waals surface area contributed by atoms with Crippen LogP contribution in [0.15, 0.2) is 224 Å². The molecule has 8 rings (SSSR count). The van der Waals surface area contributed by atoms with Gasteiger partial charge in [0.15, 0.2) is 0 Å². The van der Waals surface area contributed by atoms with Crippen molar-refractivity contribution in [2.24, 2.45) is 0 Å². The number of rotatable bonds is 8. The summed E-state index contributed by atoms with van der Waals surface area (Å²) >= 11 is 0. The van der Waals surface area contributed by atoms with Crippen LogP contribution in [0.4, 0.5) is 5.69 Å². The molecule has 2 nitrogen and oxygen atoms in total. The van der Waals surface area contributed by atoms with Gasteiger partial charge in [-0.2, -0.15) is 79.8 Å². The van der Waals surface area contributed by atoms with E-state index in [2.05, 4.69) is 148 Å². The first kappa shape index (κ1) is 42.4. The Bertz CT molecular complexity index is 2040. The van der Waals surface area contributed by atoms with Crippen LogP contribution in [-0.2, 0) is 32.4 Å². The smallest absolute Gasteiger partial charge is 0 e. The van der Waals surface area contributed by atoms with Gasteiger partial charge in [-0.25, -0.2) is 0 Å². The maximum atomic E-state index is 5.24. The summed E-state index contributed by atoms with van der Waals surface area (Å²) in [7, 11) is -0.811. The fourth-order valence-corrected chi connectivity index (χ4v) is 7.68. The number of hydrogen-bond donors (Lipinski definition) is 0. The largest absolute Gasteiger partial charge is 0.695 e. The van der Waals surface area contributed by atoms with Gasteiger partial charge in [0.1, 0.15) is 0 Å². The van der Waals surface area contributed by atoms with Crippen LogP contribution in [-0.4, -0.2) is 5.91 Å². The minimum atomic E-state index is -0.811. The molecule has 8 aromatic rings. The third-order valence-electron chi connectivity index (χ3n) is 8.11. The quantitative estimate of drug-likeness (QED) is 0.0826. The van der Waals surface area contributed by atoms with Crippen LogP contribution in [0.3, 0.4) is 0 Å². The van der Waals surface area contributed by atoms with Gasteiger partial charge in [-0.1, -0.05) is 165 Å². The standard InChI is InChI=1S/C30H25N2P.3C7H7.Hf/c1-4-12-24(13-5-1)23-31-30(32-27-21-20-25-14-10-11-15-26(25)22-27)33(28-16-6-2-7-17-28)29-18-8-3-9-19-29;3*1-7-5-3-2-4-6-7;/h1-22,30H,23H2;3*2-6H,1H2;/q-2;3*-1;. The zero-order chi connectivity index (χ0) is 37.6. The maximum Gasteiger partial charge on any atom is 0 e. The van der Waals surface area contributed by atoms with Crippen molar-refractivity contribution < 1.29 is 25.8 Å². The number of benzene rings is 8. The van der Waals surface area contributed by atoms with Crippen molar-refractivity contribution >= 4 is 35.0 Å². The van der Waals surface area contributed by atoms with Gasteiger partial charge in [0.05, 0.1) is 0 Å². The van der Waals surface area contributed by atoms with Crippen molar-refractivity contribution in [2.75, 3.05) is 0 Å². The summed E-state index contributed by atoms with van der Waals surface area (Å²) in [5, 5.41) is 15.4. The summed E-state index contributed by atoms with van der Waals surface area (Å²) < 4.78 is 0. The Labute approximate surface area is 349 Å². The minimum absolute atomic E-state index is 0. The normalized spacial score (nSPS) is 10.5. The van der Waals surface area contributed by atoms with E-state index in [1.165, 1.54) is 26.9 Å². The monoisotopic (exact) mass is 897 g/mol. The molecule has 8 aromatic carbocycles. The number of fused-ring (bicyclic) bond motifs is 1. The van der Waals surface area contributed by atoms with E-state index in [-0.39, 0.29) is 31.8 Å². The van der Waals surface area contributed by atoms with Crippen LogP contribution < -0.4 is 10.6 Å². The fourth-order valence-electron chi connectivity index (χ4n) is 5.37. The zero-order valence-electron chi connectivity index (χ0n) is 31.1. The van der Waals surface area contributed by atoms with Crippen LogP contribution in [0.5, 0.6) is 0 Å². The van der Waals surface area contributed by atoms with E-state index in [0.717, 1.165) is 22.4 Å². The molecule has 0 fully saturated rings. The Hall–Kier alpha value is -5.31. The van der Waals surface area contributed by atoms with Crippen molar-refractivity contribution in [1.82, 2.24) is 0 Å². The Kier molecular flexibility index (Phi) is 18.6. The molecule has 0 bridgehead atoms. The van der Waals surface area contributed by atoms with Crippen molar-refractivity contribution in [3.8, 4) is 0 Å². The van der Waals surface area contributed by atoms with Gasteiger partial charge in [-0.15, -0.1) is 48.6 Å². The fraction of sp³-hybridized carbons (Fsp3) is 0.0392. The molecule has 0 amide bonds. The number of hydrogen-bond acceptors (Lipinski definition) is 0. The van der Waals surface area contributed by atoms with Crippen molar-refractivity contribution in [3.05, 3.63) is 278 Å². The van der Waals surface area contributed by atoms with E-state index in [1.54, 1.807) is 0 Å². The van der Waals surface area contributed by atoms with E-state index >= 15 is 0 Å². The molecule has 55 heavy (non-hydrogen) atoms. The summed E-state index contributed by atoms with van der Waals surface area (Å²) in [6.07, 6.45) is 0. The van der Waals surface area contributed by atoms with Crippen LogP contribution >= 0.6 is 7.92 Å². The molecule has 0 aliphatic rings. The molecule has 0 aliphatic heterocycles. The van der Waals surface area contributed by atoms with Crippen molar-refractivity contribution in [3.63, 3.8) is 0 Å². The first-order valence-electron chi connectivity index (χ1n) is 18.0. The molecule has 0 N–H and O–H groups in total. The van der Waals surface area contributed by atoms with Gasteiger partial charge in [-0.05, 0) is 21.4 Å². The van der Waals surface area contributed by atoms with Crippen LogP contribution in [0.2, 0.25) is 0 Å². The predicted molar refractivity (Wildman–Crippen MR) is 236 cm³/mol. The molecular formula is C51H46HfN2P-5.